The molecule has 0 bridgehead atoms. The maximum absolute atomic E-state index is 10.6. The summed E-state index contributed by atoms with van der Waals surface area (Å²) in [5.41, 5.74) is 2.37. The minimum atomic E-state index is -0.680. The zero-order chi connectivity index (χ0) is 16.5. The van der Waals surface area contributed by atoms with Crippen molar-refractivity contribution in [3.05, 3.63) is 71.8 Å². The van der Waals surface area contributed by atoms with Gasteiger partial charge in [-0.2, -0.15) is 0 Å². The first-order valence-electron chi connectivity index (χ1n) is 8.27. The first kappa shape index (κ1) is 17.7. The molecule has 0 aliphatic carbocycles. The Bertz CT molecular complexity index is 496. The third kappa shape index (κ3) is 5.17. The summed E-state index contributed by atoms with van der Waals surface area (Å²) >= 11 is 0. The topological polar surface area (TPSA) is 38.7 Å². The highest BCUT2D eigenvalue weighted by Crippen LogP contribution is 2.30. The van der Waals surface area contributed by atoms with Crippen molar-refractivity contribution >= 4 is 0 Å². The van der Waals surface area contributed by atoms with E-state index >= 15 is 0 Å². The van der Waals surface area contributed by atoms with Gasteiger partial charge in [-0.3, -0.25) is 0 Å². The van der Waals surface area contributed by atoms with Crippen molar-refractivity contribution in [1.82, 2.24) is 0 Å². The van der Waals surface area contributed by atoms with E-state index in [1.165, 1.54) is 11.1 Å². The van der Waals surface area contributed by atoms with Gasteiger partial charge in [0.1, 0.15) is 6.10 Å². The van der Waals surface area contributed by atoms with Gasteiger partial charge in [0.15, 0.2) is 6.29 Å². The van der Waals surface area contributed by atoms with Gasteiger partial charge >= 0.3 is 0 Å². The highest BCUT2D eigenvalue weighted by molar-refractivity contribution is 5.32. The van der Waals surface area contributed by atoms with Crippen LogP contribution in [0.3, 0.4) is 0 Å². The number of ether oxygens (including phenoxy) is 2. The van der Waals surface area contributed by atoms with Crippen LogP contribution in [-0.2, 0) is 9.47 Å². The summed E-state index contributed by atoms with van der Waals surface area (Å²) in [7, 11) is 0. The van der Waals surface area contributed by atoms with Gasteiger partial charge in [-0.25, -0.2) is 0 Å². The van der Waals surface area contributed by atoms with Gasteiger partial charge < -0.3 is 14.6 Å². The van der Waals surface area contributed by atoms with Crippen LogP contribution >= 0.6 is 0 Å². The molecule has 0 aromatic heterocycles. The van der Waals surface area contributed by atoms with Crippen LogP contribution in [-0.4, -0.2) is 30.7 Å². The lowest BCUT2D eigenvalue weighted by Gasteiger charge is -2.27. The number of hydrogen-bond acceptors (Lipinski definition) is 3. The van der Waals surface area contributed by atoms with Crippen molar-refractivity contribution in [1.29, 1.82) is 0 Å². The molecule has 23 heavy (non-hydrogen) atoms. The summed E-state index contributed by atoms with van der Waals surface area (Å²) in [5, 5.41) is 10.6. The average molecular weight is 314 g/mol. The van der Waals surface area contributed by atoms with Crippen LogP contribution in [0.1, 0.15) is 37.3 Å². The molecule has 0 aliphatic heterocycles. The molecular weight excluding hydrogens is 288 g/mol. The lowest BCUT2D eigenvalue weighted by atomic mass is 9.86. The molecule has 0 saturated carbocycles. The maximum Gasteiger partial charge on any atom is 0.183 e. The number of rotatable bonds is 9. The molecule has 0 aliphatic rings. The maximum atomic E-state index is 10.6. The van der Waals surface area contributed by atoms with Gasteiger partial charge in [0.2, 0.25) is 0 Å². The Kier molecular flexibility index (Phi) is 7.27. The molecule has 2 aromatic carbocycles. The molecule has 1 unspecified atom stereocenters. The largest absolute Gasteiger partial charge is 0.388 e. The number of aliphatic hydroxyl groups is 1. The molecule has 2 rings (SSSR count). The minimum absolute atomic E-state index is 0.107. The quantitative estimate of drug-likeness (QED) is 0.712. The summed E-state index contributed by atoms with van der Waals surface area (Å²) < 4.78 is 11.1. The van der Waals surface area contributed by atoms with Crippen molar-refractivity contribution in [3.63, 3.8) is 0 Å². The Hall–Kier alpha value is -1.68. The molecule has 0 saturated heterocycles. The summed E-state index contributed by atoms with van der Waals surface area (Å²) in [4.78, 5) is 0. The van der Waals surface area contributed by atoms with Gasteiger partial charge in [-0.1, -0.05) is 60.7 Å². The van der Waals surface area contributed by atoms with Crippen LogP contribution in [0.25, 0.3) is 0 Å². The van der Waals surface area contributed by atoms with Crippen molar-refractivity contribution < 1.29 is 14.6 Å². The fraction of sp³-hybridized carbons (Fsp3) is 0.400. The second-order valence-electron chi connectivity index (χ2n) is 5.46. The predicted octanol–water partition coefficient (Wildman–Crippen LogP) is 3.97. The van der Waals surface area contributed by atoms with Crippen LogP contribution in [0.4, 0.5) is 0 Å². The molecule has 0 heterocycles. The molecule has 0 radical (unpaired) electrons. The lowest BCUT2D eigenvalue weighted by molar-refractivity contribution is -0.191. The van der Waals surface area contributed by atoms with Gasteiger partial charge in [0.05, 0.1) is 0 Å². The molecule has 2 aromatic rings. The molecule has 0 spiro atoms. The molecule has 3 nitrogen and oxygen atoms in total. The van der Waals surface area contributed by atoms with E-state index < -0.39 is 12.4 Å². The van der Waals surface area contributed by atoms with Crippen LogP contribution in [0.15, 0.2) is 60.7 Å². The van der Waals surface area contributed by atoms with Crippen molar-refractivity contribution in [3.8, 4) is 0 Å². The third-order valence-corrected chi connectivity index (χ3v) is 3.86. The molecule has 124 valence electrons. The Morgan fingerprint density at radius 3 is 1.61 bits per heavy atom. The standard InChI is InChI=1S/C20H26O3/c1-3-22-20(23-4-2)19(21)15-18(16-11-7-5-8-12-16)17-13-9-6-10-14-17/h5-14,18-21H,3-4,15H2,1-2H3. The monoisotopic (exact) mass is 314 g/mol. The van der Waals surface area contributed by atoms with E-state index in [4.69, 9.17) is 9.47 Å². The molecular formula is C20H26O3. The van der Waals surface area contributed by atoms with E-state index in [0.717, 1.165) is 0 Å². The molecule has 1 N–H and O–H groups in total. The Morgan fingerprint density at radius 1 is 0.783 bits per heavy atom. The van der Waals surface area contributed by atoms with E-state index in [1.807, 2.05) is 50.2 Å². The number of benzene rings is 2. The molecule has 1 atom stereocenters. The summed E-state index contributed by atoms with van der Waals surface area (Å²) in [6, 6.07) is 20.5. The van der Waals surface area contributed by atoms with E-state index in [0.29, 0.717) is 19.6 Å². The van der Waals surface area contributed by atoms with E-state index in [-0.39, 0.29) is 5.92 Å². The highest BCUT2D eigenvalue weighted by atomic mass is 16.7. The first-order chi connectivity index (χ1) is 11.3. The Labute approximate surface area is 138 Å². The van der Waals surface area contributed by atoms with E-state index in [9.17, 15) is 5.11 Å². The molecule has 3 heteroatoms. The number of hydrogen-bond donors (Lipinski definition) is 1. The Morgan fingerprint density at radius 2 is 1.22 bits per heavy atom. The van der Waals surface area contributed by atoms with Crippen molar-refractivity contribution in [2.45, 2.75) is 38.6 Å². The van der Waals surface area contributed by atoms with Crippen LogP contribution in [0, 0.1) is 0 Å². The Balaban J connectivity index is 2.21. The van der Waals surface area contributed by atoms with Crippen molar-refractivity contribution in [2.24, 2.45) is 0 Å². The van der Waals surface area contributed by atoms with Gasteiger partial charge in [-0.15, -0.1) is 0 Å². The zero-order valence-electron chi connectivity index (χ0n) is 13.9. The fourth-order valence-corrected chi connectivity index (χ4v) is 2.79. The fourth-order valence-electron chi connectivity index (χ4n) is 2.79. The van der Waals surface area contributed by atoms with Gasteiger partial charge in [0, 0.05) is 19.1 Å². The second-order valence-corrected chi connectivity index (χ2v) is 5.46. The van der Waals surface area contributed by atoms with Crippen LogP contribution in [0.2, 0.25) is 0 Å². The molecule has 0 fully saturated rings. The molecule has 0 amide bonds. The van der Waals surface area contributed by atoms with Gasteiger partial charge in [-0.05, 0) is 31.4 Å². The van der Waals surface area contributed by atoms with Crippen LogP contribution < -0.4 is 0 Å². The van der Waals surface area contributed by atoms with Crippen molar-refractivity contribution in [2.75, 3.05) is 13.2 Å². The van der Waals surface area contributed by atoms with Crippen LogP contribution in [0.5, 0.6) is 0 Å². The average Bonchev–Trinajstić information content (AvgIpc) is 2.61. The summed E-state index contributed by atoms with van der Waals surface area (Å²) in [5.74, 6) is 0.107. The minimum Gasteiger partial charge on any atom is -0.388 e. The third-order valence-electron chi connectivity index (χ3n) is 3.86. The number of aliphatic hydroxyl groups excluding tert-OH is 1. The lowest BCUT2D eigenvalue weighted by Crippen LogP contribution is -2.33. The second kappa shape index (κ2) is 9.46. The highest BCUT2D eigenvalue weighted by Gasteiger charge is 2.25. The zero-order valence-corrected chi connectivity index (χ0v) is 13.9. The van der Waals surface area contributed by atoms with Gasteiger partial charge in [0.25, 0.3) is 0 Å². The van der Waals surface area contributed by atoms with E-state index in [2.05, 4.69) is 24.3 Å². The summed E-state index contributed by atoms with van der Waals surface area (Å²) in [6.07, 6.45) is -0.709. The van der Waals surface area contributed by atoms with E-state index in [1.54, 1.807) is 0 Å². The predicted molar refractivity (Wildman–Crippen MR) is 92.4 cm³/mol. The summed E-state index contributed by atoms with van der Waals surface area (Å²) in [6.45, 7) is 4.85. The first-order valence-corrected chi connectivity index (χ1v) is 8.27. The smallest absolute Gasteiger partial charge is 0.183 e. The SMILES string of the molecule is CCOC(OCC)C(O)CC(c1ccccc1)c1ccccc1. The normalized spacial score (nSPS) is 12.7.